The van der Waals surface area contributed by atoms with Crippen molar-refractivity contribution in [2.45, 2.75) is 32.2 Å². The smallest absolute Gasteiger partial charge is 0.226 e. The Kier molecular flexibility index (Phi) is 6.91. The van der Waals surface area contributed by atoms with Gasteiger partial charge < -0.3 is 10.6 Å². The number of hydrogen-bond donors (Lipinski definition) is 1. The van der Waals surface area contributed by atoms with E-state index in [1.165, 1.54) is 6.07 Å². The Morgan fingerprint density at radius 2 is 2.29 bits per heavy atom. The second-order valence-corrected chi connectivity index (χ2v) is 5.78. The molecule has 0 aliphatic carbocycles. The predicted molar refractivity (Wildman–Crippen MR) is 85.3 cm³/mol. The lowest BCUT2D eigenvalue weighted by molar-refractivity contribution is -0.135. The molecule has 2 rings (SSSR count). The van der Waals surface area contributed by atoms with E-state index < -0.39 is 0 Å². The van der Waals surface area contributed by atoms with Gasteiger partial charge in [-0.15, -0.1) is 12.4 Å². The summed E-state index contributed by atoms with van der Waals surface area (Å²) in [6, 6.07) is 4.70. The Bertz CT molecular complexity index is 478. The lowest BCUT2D eigenvalue weighted by Crippen LogP contribution is -2.42. The number of rotatable bonds is 4. The van der Waals surface area contributed by atoms with Gasteiger partial charge in [-0.25, -0.2) is 4.39 Å². The van der Waals surface area contributed by atoms with Gasteiger partial charge in [0.25, 0.3) is 0 Å². The fraction of sp³-hybridized carbons (Fsp3) is 0.533. The van der Waals surface area contributed by atoms with Crippen LogP contribution in [0.25, 0.3) is 0 Å². The molecule has 1 amide bonds. The van der Waals surface area contributed by atoms with Crippen LogP contribution in [0.4, 0.5) is 4.39 Å². The quantitative estimate of drug-likeness (QED) is 0.919. The first-order valence-corrected chi connectivity index (χ1v) is 7.35. The lowest BCUT2D eigenvalue weighted by Gasteiger charge is -2.27. The summed E-state index contributed by atoms with van der Waals surface area (Å²) in [4.78, 5) is 14.1. The van der Waals surface area contributed by atoms with Crippen LogP contribution in [0, 0.1) is 11.7 Å². The largest absolute Gasteiger partial charge is 0.339 e. The van der Waals surface area contributed by atoms with E-state index in [2.05, 4.69) is 0 Å². The Labute approximate surface area is 136 Å². The number of carbonyl (C=O) groups excluding carboxylic acids is 1. The highest BCUT2D eigenvalue weighted by Gasteiger charge is 2.31. The first-order valence-electron chi connectivity index (χ1n) is 6.98. The van der Waals surface area contributed by atoms with Gasteiger partial charge in [0, 0.05) is 35.6 Å². The average molecular weight is 335 g/mol. The summed E-state index contributed by atoms with van der Waals surface area (Å²) in [6.07, 6.45) is 2.29. The summed E-state index contributed by atoms with van der Waals surface area (Å²) >= 11 is 6.06. The highest BCUT2D eigenvalue weighted by atomic mass is 35.5. The lowest BCUT2D eigenvalue weighted by atomic mass is 10.0. The van der Waals surface area contributed by atoms with E-state index in [-0.39, 0.29) is 36.1 Å². The molecule has 0 bridgehead atoms. The van der Waals surface area contributed by atoms with Crippen molar-refractivity contribution in [1.29, 1.82) is 0 Å². The third kappa shape index (κ3) is 4.09. The molecule has 1 saturated heterocycles. The van der Waals surface area contributed by atoms with Crippen LogP contribution < -0.4 is 5.73 Å². The molecule has 0 aromatic heterocycles. The highest BCUT2D eigenvalue weighted by molar-refractivity contribution is 6.31. The maximum atomic E-state index is 13.8. The molecule has 1 heterocycles. The van der Waals surface area contributed by atoms with Gasteiger partial charge in [-0.05, 0) is 31.4 Å². The van der Waals surface area contributed by atoms with Crippen LogP contribution in [0.3, 0.4) is 0 Å². The van der Waals surface area contributed by atoms with E-state index >= 15 is 0 Å². The van der Waals surface area contributed by atoms with Crippen LogP contribution in [0.1, 0.15) is 25.3 Å². The van der Waals surface area contributed by atoms with Crippen LogP contribution in [-0.2, 0) is 11.2 Å². The Morgan fingerprint density at radius 1 is 1.57 bits per heavy atom. The number of amides is 1. The van der Waals surface area contributed by atoms with Crippen LogP contribution in [0.2, 0.25) is 5.02 Å². The summed E-state index contributed by atoms with van der Waals surface area (Å²) in [5.41, 5.74) is 6.06. The van der Waals surface area contributed by atoms with Crippen molar-refractivity contribution in [1.82, 2.24) is 4.90 Å². The topological polar surface area (TPSA) is 46.3 Å². The average Bonchev–Trinajstić information content (AvgIpc) is 2.89. The van der Waals surface area contributed by atoms with E-state index in [1.54, 1.807) is 12.1 Å². The Balaban J connectivity index is 0.00000220. The van der Waals surface area contributed by atoms with Gasteiger partial charge in [0.2, 0.25) is 5.91 Å². The van der Waals surface area contributed by atoms with Gasteiger partial charge >= 0.3 is 0 Å². The van der Waals surface area contributed by atoms with Gasteiger partial charge in [-0.3, -0.25) is 4.79 Å². The molecule has 118 valence electrons. The Morgan fingerprint density at radius 3 is 2.90 bits per heavy atom. The van der Waals surface area contributed by atoms with Gasteiger partial charge in [0.15, 0.2) is 0 Å². The van der Waals surface area contributed by atoms with Gasteiger partial charge in [0.05, 0.1) is 0 Å². The SMILES string of the molecule is CC(CN)C(=O)N1CCCC1Cc1c(F)cccc1Cl.Cl. The molecule has 2 unspecified atom stereocenters. The van der Waals surface area contributed by atoms with Crippen molar-refractivity contribution in [3.8, 4) is 0 Å². The minimum absolute atomic E-state index is 0. The molecule has 0 radical (unpaired) electrons. The molecule has 6 heteroatoms. The van der Waals surface area contributed by atoms with E-state index in [9.17, 15) is 9.18 Å². The van der Waals surface area contributed by atoms with Crippen molar-refractivity contribution in [2.24, 2.45) is 11.7 Å². The van der Waals surface area contributed by atoms with Crippen molar-refractivity contribution in [3.63, 3.8) is 0 Å². The van der Waals surface area contributed by atoms with Crippen molar-refractivity contribution in [3.05, 3.63) is 34.6 Å². The highest BCUT2D eigenvalue weighted by Crippen LogP contribution is 2.27. The maximum Gasteiger partial charge on any atom is 0.226 e. The molecule has 1 aromatic carbocycles. The predicted octanol–water partition coefficient (Wildman–Crippen LogP) is 3.03. The zero-order chi connectivity index (χ0) is 14.7. The van der Waals surface area contributed by atoms with Crippen LogP contribution >= 0.6 is 24.0 Å². The fourth-order valence-corrected chi connectivity index (χ4v) is 2.93. The summed E-state index contributed by atoms with van der Waals surface area (Å²) in [5.74, 6) is -0.433. The number of hydrogen-bond acceptors (Lipinski definition) is 2. The number of nitrogens with two attached hydrogens (primary N) is 1. The van der Waals surface area contributed by atoms with Crippen molar-refractivity contribution in [2.75, 3.05) is 13.1 Å². The van der Waals surface area contributed by atoms with E-state index in [0.29, 0.717) is 23.6 Å². The molecule has 2 N–H and O–H groups in total. The molecular weight excluding hydrogens is 314 g/mol. The van der Waals surface area contributed by atoms with Crippen LogP contribution in [0.5, 0.6) is 0 Å². The number of carbonyl (C=O) groups is 1. The number of benzene rings is 1. The van der Waals surface area contributed by atoms with Gasteiger partial charge in [-0.2, -0.15) is 0 Å². The fourth-order valence-electron chi connectivity index (χ4n) is 2.68. The maximum absolute atomic E-state index is 13.8. The number of likely N-dealkylation sites (tertiary alicyclic amines) is 1. The standard InChI is InChI=1S/C15H20ClFN2O.ClH/c1-10(9-18)15(20)19-7-3-4-11(19)8-12-13(16)5-2-6-14(12)17;/h2,5-6,10-11H,3-4,7-9,18H2,1H3;1H. The molecule has 1 aliphatic heterocycles. The summed E-state index contributed by atoms with van der Waals surface area (Å²) in [6.45, 7) is 2.89. The van der Waals surface area contributed by atoms with Gasteiger partial charge in [-0.1, -0.05) is 24.6 Å². The summed E-state index contributed by atoms with van der Waals surface area (Å²) in [5, 5.41) is 0.427. The molecule has 0 spiro atoms. The molecular formula is C15H21Cl2FN2O. The molecule has 21 heavy (non-hydrogen) atoms. The summed E-state index contributed by atoms with van der Waals surface area (Å²) < 4.78 is 13.8. The third-order valence-electron chi connectivity index (χ3n) is 3.94. The molecule has 1 aromatic rings. The molecule has 2 atom stereocenters. The monoisotopic (exact) mass is 334 g/mol. The molecule has 1 fully saturated rings. The Hall–Kier alpha value is -0.840. The second kappa shape index (κ2) is 7.97. The minimum atomic E-state index is -0.302. The van der Waals surface area contributed by atoms with Crippen LogP contribution in [-0.4, -0.2) is 29.9 Å². The van der Waals surface area contributed by atoms with E-state index in [4.69, 9.17) is 17.3 Å². The zero-order valence-corrected chi connectivity index (χ0v) is 13.6. The van der Waals surface area contributed by atoms with Crippen LogP contribution in [0.15, 0.2) is 18.2 Å². The van der Waals surface area contributed by atoms with E-state index in [1.807, 2.05) is 11.8 Å². The molecule has 3 nitrogen and oxygen atoms in total. The number of halogens is 3. The molecule has 1 aliphatic rings. The first-order chi connectivity index (χ1) is 9.54. The molecule has 0 saturated carbocycles. The second-order valence-electron chi connectivity index (χ2n) is 5.37. The normalized spacial score (nSPS) is 19.2. The van der Waals surface area contributed by atoms with E-state index in [0.717, 1.165) is 19.4 Å². The van der Waals surface area contributed by atoms with Crippen molar-refractivity contribution < 1.29 is 9.18 Å². The first kappa shape index (κ1) is 18.2. The van der Waals surface area contributed by atoms with Gasteiger partial charge in [0.1, 0.15) is 5.82 Å². The minimum Gasteiger partial charge on any atom is -0.339 e. The summed E-state index contributed by atoms with van der Waals surface area (Å²) in [7, 11) is 0. The van der Waals surface area contributed by atoms with Crippen molar-refractivity contribution >= 4 is 29.9 Å². The zero-order valence-electron chi connectivity index (χ0n) is 12.0. The third-order valence-corrected chi connectivity index (χ3v) is 4.29. The number of nitrogens with zero attached hydrogens (tertiary/aromatic N) is 1.